The lowest BCUT2D eigenvalue weighted by molar-refractivity contribution is -0.139. The Morgan fingerprint density at radius 1 is 1.50 bits per heavy atom. The number of hydrogen-bond donors (Lipinski definition) is 2. The predicted octanol–water partition coefficient (Wildman–Crippen LogP) is 1.60. The van der Waals surface area contributed by atoms with Crippen LogP contribution in [0.4, 0.5) is 8.78 Å². The highest BCUT2D eigenvalue weighted by molar-refractivity contribution is 5.85. The molecule has 1 atom stereocenters. The van der Waals surface area contributed by atoms with Crippen LogP contribution in [-0.4, -0.2) is 24.2 Å². The van der Waals surface area contributed by atoms with Crippen LogP contribution < -0.4 is 5.32 Å². The third-order valence-corrected chi connectivity index (χ3v) is 2.09. The second-order valence-electron chi connectivity index (χ2n) is 3.12. The summed E-state index contributed by atoms with van der Waals surface area (Å²) in [5.41, 5.74) is 0.179. The van der Waals surface area contributed by atoms with Crippen molar-refractivity contribution in [3.05, 3.63) is 35.4 Å². The molecule has 1 aromatic carbocycles. The molecule has 2 N–H and O–H groups in total. The third-order valence-electron chi connectivity index (χ3n) is 2.09. The second-order valence-corrected chi connectivity index (χ2v) is 3.12. The summed E-state index contributed by atoms with van der Waals surface area (Å²) in [6.07, 6.45) is -0.0159. The summed E-state index contributed by atoms with van der Waals surface area (Å²) >= 11 is 0. The molecule has 0 aliphatic carbocycles. The molecule has 90 valence electrons. The van der Waals surface area contributed by atoms with E-state index >= 15 is 0 Å². The van der Waals surface area contributed by atoms with Gasteiger partial charge in [-0.05, 0) is 18.7 Å². The maximum atomic E-state index is 13.1. The molecule has 0 amide bonds. The zero-order valence-electron chi connectivity index (χ0n) is 8.54. The van der Waals surface area contributed by atoms with Gasteiger partial charge >= 0.3 is 5.97 Å². The number of halogens is 3. The maximum absolute atomic E-state index is 13.1. The molecule has 6 heteroatoms. The first-order valence-corrected chi connectivity index (χ1v) is 4.38. The standard InChI is InChI=1S/C10H11F2NO2.ClH/c1-13-9(10(14)15)4-6-2-3-7(11)5-8(6)12;/h2-3,5,9,13H,4H2,1H3,(H,14,15);1H/t9-;/m0./s1. The van der Waals surface area contributed by atoms with Crippen LogP contribution in [-0.2, 0) is 11.2 Å². The SMILES string of the molecule is CN[C@@H](Cc1ccc(F)cc1F)C(=O)O.Cl. The Kier molecular flexibility index (Phi) is 5.92. The van der Waals surface area contributed by atoms with Gasteiger partial charge in [0.1, 0.15) is 17.7 Å². The number of carbonyl (C=O) groups is 1. The van der Waals surface area contributed by atoms with E-state index in [1.54, 1.807) is 0 Å². The molecule has 1 rings (SSSR count). The third kappa shape index (κ3) is 3.75. The monoisotopic (exact) mass is 251 g/mol. The minimum absolute atomic E-state index is 0. The first kappa shape index (κ1) is 14.8. The van der Waals surface area contributed by atoms with E-state index in [1.807, 2.05) is 0 Å². The molecule has 0 spiro atoms. The highest BCUT2D eigenvalue weighted by Crippen LogP contribution is 2.11. The largest absolute Gasteiger partial charge is 0.480 e. The molecule has 0 bridgehead atoms. The summed E-state index contributed by atoms with van der Waals surface area (Å²) in [7, 11) is 1.47. The van der Waals surface area contributed by atoms with Crippen molar-refractivity contribution in [2.24, 2.45) is 0 Å². The molecular weight excluding hydrogens is 240 g/mol. The normalized spacial score (nSPS) is 11.7. The molecule has 0 aliphatic heterocycles. The lowest BCUT2D eigenvalue weighted by atomic mass is 10.1. The van der Waals surface area contributed by atoms with E-state index in [0.29, 0.717) is 0 Å². The van der Waals surface area contributed by atoms with Crippen molar-refractivity contribution >= 4 is 18.4 Å². The van der Waals surface area contributed by atoms with Gasteiger partial charge in [-0.1, -0.05) is 6.07 Å². The van der Waals surface area contributed by atoms with Crippen LogP contribution in [0.25, 0.3) is 0 Å². The summed E-state index contributed by atoms with van der Waals surface area (Å²) in [5.74, 6) is -2.47. The van der Waals surface area contributed by atoms with Crippen molar-refractivity contribution in [2.45, 2.75) is 12.5 Å². The van der Waals surface area contributed by atoms with E-state index in [0.717, 1.165) is 12.1 Å². The van der Waals surface area contributed by atoms with Crippen molar-refractivity contribution in [2.75, 3.05) is 7.05 Å². The van der Waals surface area contributed by atoms with Crippen molar-refractivity contribution in [3.8, 4) is 0 Å². The molecule has 0 saturated heterocycles. The number of likely N-dealkylation sites (N-methyl/N-ethyl adjacent to an activating group) is 1. The summed E-state index contributed by atoms with van der Waals surface area (Å²) in [4.78, 5) is 10.7. The molecule has 0 saturated carbocycles. The van der Waals surface area contributed by atoms with Crippen molar-refractivity contribution in [1.82, 2.24) is 5.32 Å². The molecule has 0 unspecified atom stereocenters. The van der Waals surface area contributed by atoms with Gasteiger partial charge in [-0.3, -0.25) is 4.79 Å². The molecule has 3 nitrogen and oxygen atoms in total. The van der Waals surface area contributed by atoms with E-state index in [1.165, 1.54) is 13.1 Å². The van der Waals surface area contributed by atoms with Crippen molar-refractivity contribution in [1.29, 1.82) is 0 Å². The van der Waals surface area contributed by atoms with Crippen LogP contribution in [0.1, 0.15) is 5.56 Å². The zero-order chi connectivity index (χ0) is 11.4. The highest BCUT2D eigenvalue weighted by atomic mass is 35.5. The van der Waals surface area contributed by atoms with Crippen LogP contribution in [0.3, 0.4) is 0 Å². The molecule has 0 heterocycles. The van der Waals surface area contributed by atoms with E-state index < -0.39 is 23.6 Å². The van der Waals surface area contributed by atoms with Crippen molar-refractivity contribution < 1.29 is 18.7 Å². The van der Waals surface area contributed by atoms with E-state index in [9.17, 15) is 13.6 Å². The summed E-state index contributed by atoms with van der Waals surface area (Å²) in [6, 6.07) is 2.22. The van der Waals surface area contributed by atoms with Gasteiger partial charge < -0.3 is 10.4 Å². The minimum atomic E-state index is -1.07. The first-order valence-electron chi connectivity index (χ1n) is 4.38. The van der Waals surface area contributed by atoms with E-state index in [2.05, 4.69) is 5.32 Å². The van der Waals surface area contributed by atoms with Gasteiger partial charge in [0.05, 0.1) is 0 Å². The Labute approximate surface area is 97.9 Å². The summed E-state index contributed by atoms with van der Waals surface area (Å²) in [6.45, 7) is 0. The van der Waals surface area contributed by atoms with Gasteiger partial charge in [-0.2, -0.15) is 0 Å². The molecule has 16 heavy (non-hydrogen) atoms. The number of hydrogen-bond acceptors (Lipinski definition) is 2. The zero-order valence-corrected chi connectivity index (χ0v) is 9.35. The summed E-state index contributed by atoms with van der Waals surface area (Å²) < 4.78 is 25.7. The number of carboxylic acids is 1. The average molecular weight is 252 g/mol. The second kappa shape index (κ2) is 6.40. The number of aliphatic carboxylic acids is 1. The topological polar surface area (TPSA) is 49.3 Å². The number of rotatable bonds is 4. The van der Waals surface area contributed by atoms with Crippen LogP contribution in [0.5, 0.6) is 0 Å². The number of benzene rings is 1. The van der Waals surface area contributed by atoms with E-state index in [-0.39, 0.29) is 24.4 Å². The lowest BCUT2D eigenvalue weighted by Crippen LogP contribution is -2.36. The Morgan fingerprint density at radius 2 is 2.12 bits per heavy atom. The van der Waals surface area contributed by atoms with Crippen LogP contribution >= 0.6 is 12.4 Å². The van der Waals surface area contributed by atoms with Crippen LogP contribution in [0.2, 0.25) is 0 Å². The smallest absolute Gasteiger partial charge is 0.321 e. The van der Waals surface area contributed by atoms with Crippen molar-refractivity contribution in [3.63, 3.8) is 0 Å². The molecule has 1 aromatic rings. The van der Waals surface area contributed by atoms with Crippen LogP contribution in [0, 0.1) is 11.6 Å². The first-order chi connectivity index (χ1) is 7.04. The Hall–Kier alpha value is -1.20. The van der Waals surface area contributed by atoms with Gasteiger partial charge in [-0.25, -0.2) is 8.78 Å². The van der Waals surface area contributed by atoms with Gasteiger partial charge in [0.15, 0.2) is 0 Å². The predicted molar refractivity (Wildman–Crippen MR) is 57.8 cm³/mol. The molecule has 0 fully saturated rings. The van der Waals surface area contributed by atoms with Gasteiger partial charge in [0.25, 0.3) is 0 Å². The van der Waals surface area contributed by atoms with Gasteiger partial charge in [0.2, 0.25) is 0 Å². The lowest BCUT2D eigenvalue weighted by Gasteiger charge is -2.11. The molecular formula is C10H12ClF2NO2. The minimum Gasteiger partial charge on any atom is -0.480 e. The average Bonchev–Trinajstić information content (AvgIpc) is 2.16. The molecule has 0 aliphatic rings. The fraction of sp³-hybridized carbons (Fsp3) is 0.300. The fourth-order valence-electron chi connectivity index (χ4n) is 1.22. The number of carboxylic acid groups (broad SMARTS) is 1. The maximum Gasteiger partial charge on any atom is 0.321 e. The molecule has 0 aromatic heterocycles. The van der Waals surface area contributed by atoms with E-state index in [4.69, 9.17) is 5.11 Å². The Bertz CT molecular complexity index is 374. The summed E-state index contributed by atoms with van der Waals surface area (Å²) in [5, 5.41) is 11.3. The van der Waals surface area contributed by atoms with Crippen LogP contribution in [0.15, 0.2) is 18.2 Å². The quantitative estimate of drug-likeness (QED) is 0.855. The Morgan fingerprint density at radius 3 is 2.56 bits per heavy atom. The number of nitrogens with one attached hydrogen (secondary N) is 1. The molecule has 0 radical (unpaired) electrons. The van der Waals surface area contributed by atoms with Gasteiger partial charge in [-0.15, -0.1) is 12.4 Å². The Balaban J connectivity index is 0.00000225. The van der Waals surface area contributed by atoms with Gasteiger partial charge in [0, 0.05) is 12.5 Å². The fourth-order valence-corrected chi connectivity index (χ4v) is 1.22. The highest BCUT2D eigenvalue weighted by Gasteiger charge is 2.17.